The molecule has 4 heteroatoms. The van der Waals surface area contributed by atoms with Gasteiger partial charge < -0.3 is 9.47 Å². The van der Waals surface area contributed by atoms with Gasteiger partial charge in [-0.3, -0.25) is 0 Å². The van der Waals surface area contributed by atoms with E-state index >= 15 is 0 Å². The largest absolute Gasteiger partial charge is 0.489 e. The van der Waals surface area contributed by atoms with Crippen molar-refractivity contribution in [3.63, 3.8) is 0 Å². The summed E-state index contributed by atoms with van der Waals surface area (Å²) in [4.78, 5) is 4.52. The van der Waals surface area contributed by atoms with Gasteiger partial charge in [-0.25, -0.2) is 4.98 Å². The number of ether oxygens (including phenoxy) is 2. The van der Waals surface area contributed by atoms with E-state index < -0.39 is 5.60 Å². The van der Waals surface area contributed by atoms with Crippen LogP contribution in [0.15, 0.2) is 72.2 Å². The van der Waals surface area contributed by atoms with Crippen LogP contribution in [-0.4, -0.2) is 12.1 Å². The molecule has 4 aromatic rings. The lowest BCUT2D eigenvalue weighted by molar-refractivity contribution is 0.0182. The molecule has 1 atom stereocenters. The zero-order valence-corrected chi connectivity index (χ0v) is 17.8. The average Bonchev–Trinajstić information content (AvgIpc) is 3.29. The topological polar surface area (TPSA) is 31.4 Å². The quantitative estimate of drug-likeness (QED) is 0.354. The third kappa shape index (κ3) is 3.91. The number of hydrogen-bond acceptors (Lipinski definition) is 4. The summed E-state index contributed by atoms with van der Waals surface area (Å²) < 4.78 is 12.1. The van der Waals surface area contributed by atoms with Gasteiger partial charge in [0.25, 0.3) is 0 Å². The van der Waals surface area contributed by atoms with E-state index in [1.54, 1.807) is 18.4 Å². The first-order valence-corrected chi connectivity index (χ1v) is 10.7. The Labute approximate surface area is 176 Å². The molecule has 29 heavy (non-hydrogen) atoms. The van der Waals surface area contributed by atoms with E-state index in [1.807, 2.05) is 23.7 Å². The molecule has 1 heterocycles. The van der Waals surface area contributed by atoms with Crippen molar-refractivity contribution < 1.29 is 9.47 Å². The van der Waals surface area contributed by atoms with Gasteiger partial charge in [0.05, 0.1) is 0 Å². The molecule has 3 aromatic carbocycles. The van der Waals surface area contributed by atoms with Gasteiger partial charge in [0.15, 0.2) is 0 Å². The van der Waals surface area contributed by atoms with Crippen molar-refractivity contribution in [1.29, 1.82) is 0 Å². The lowest BCUT2D eigenvalue weighted by Crippen LogP contribution is -2.29. The lowest BCUT2D eigenvalue weighted by atomic mass is 9.91. The van der Waals surface area contributed by atoms with Crippen LogP contribution in [-0.2, 0) is 16.9 Å². The van der Waals surface area contributed by atoms with Crippen molar-refractivity contribution in [2.24, 2.45) is 0 Å². The number of rotatable bonds is 7. The molecule has 0 N–H and O–H groups in total. The average molecular weight is 404 g/mol. The van der Waals surface area contributed by atoms with Gasteiger partial charge in [0.2, 0.25) is 0 Å². The summed E-state index contributed by atoms with van der Waals surface area (Å²) in [5.74, 6) is 0.831. The van der Waals surface area contributed by atoms with Crippen LogP contribution in [0.4, 0.5) is 0 Å². The van der Waals surface area contributed by atoms with Crippen LogP contribution in [0.5, 0.6) is 5.75 Å². The Hall–Kier alpha value is -2.69. The molecule has 4 rings (SSSR count). The zero-order valence-electron chi connectivity index (χ0n) is 17.0. The van der Waals surface area contributed by atoms with E-state index in [4.69, 9.17) is 9.47 Å². The van der Waals surface area contributed by atoms with Crippen molar-refractivity contribution in [1.82, 2.24) is 4.98 Å². The SMILES string of the molecule is CCC(OC)(c1cccc(OCc2ccc3cc(C)ccc3c2)c1)c1nccs1. The molecule has 0 fully saturated rings. The Bertz CT molecular complexity index is 1100. The van der Waals surface area contributed by atoms with Crippen LogP contribution in [0, 0.1) is 6.92 Å². The van der Waals surface area contributed by atoms with E-state index in [0.717, 1.165) is 28.3 Å². The van der Waals surface area contributed by atoms with Crippen LogP contribution < -0.4 is 4.74 Å². The molecule has 3 nitrogen and oxygen atoms in total. The van der Waals surface area contributed by atoms with Crippen molar-refractivity contribution in [3.05, 3.63) is 93.9 Å². The van der Waals surface area contributed by atoms with Gasteiger partial charge >= 0.3 is 0 Å². The second-order valence-corrected chi connectivity index (χ2v) is 8.12. The van der Waals surface area contributed by atoms with Crippen LogP contribution in [0.1, 0.15) is 35.0 Å². The fourth-order valence-electron chi connectivity index (χ4n) is 3.76. The third-order valence-electron chi connectivity index (χ3n) is 5.39. The number of benzene rings is 3. The Balaban J connectivity index is 1.57. The molecule has 0 amide bonds. The number of thiazole rings is 1. The first kappa shape index (κ1) is 19.6. The maximum absolute atomic E-state index is 6.13. The monoisotopic (exact) mass is 403 g/mol. The van der Waals surface area contributed by atoms with Crippen molar-refractivity contribution >= 4 is 22.1 Å². The molecule has 0 aliphatic carbocycles. The number of hydrogen-bond donors (Lipinski definition) is 0. The summed E-state index contributed by atoms with van der Waals surface area (Å²) in [7, 11) is 1.75. The van der Waals surface area contributed by atoms with Gasteiger partial charge in [-0.05, 0) is 53.4 Å². The summed E-state index contributed by atoms with van der Waals surface area (Å²) in [6, 6.07) is 21.2. The van der Waals surface area contributed by atoms with E-state index in [9.17, 15) is 0 Å². The molecule has 0 bridgehead atoms. The second-order valence-electron chi connectivity index (χ2n) is 7.22. The maximum atomic E-state index is 6.13. The molecule has 1 unspecified atom stereocenters. The summed E-state index contributed by atoms with van der Waals surface area (Å²) in [6.45, 7) is 4.76. The van der Waals surface area contributed by atoms with E-state index in [1.165, 1.54) is 16.3 Å². The van der Waals surface area contributed by atoms with Crippen LogP contribution in [0.2, 0.25) is 0 Å². The van der Waals surface area contributed by atoms with Gasteiger partial charge in [0, 0.05) is 18.7 Å². The van der Waals surface area contributed by atoms with Gasteiger partial charge in [-0.15, -0.1) is 11.3 Å². The van der Waals surface area contributed by atoms with E-state index in [2.05, 4.69) is 67.4 Å². The molecule has 0 saturated heterocycles. The van der Waals surface area contributed by atoms with Crippen LogP contribution in [0.3, 0.4) is 0 Å². The van der Waals surface area contributed by atoms with Crippen molar-refractivity contribution in [2.45, 2.75) is 32.5 Å². The van der Waals surface area contributed by atoms with E-state index in [0.29, 0.717) is 6.61 Å². The number of aromatic nitrogens is 1. The maximum Gasteiger partial charge on any atom is 0.144 e. The molecule has 0 spiro atoms. The van der Waals surface area contributed by atoms with Gasteiger partial charge in [-0.2, -0.15) is 0 Å². The van der Waals surface area contributed by atoms with Gasteiger partial charge in [-0.1, -0.05) is 55.0 Å². The lowest BCUT2D eigenvalue weighted by Gasteiger charge is -2.30. The summed E-state index contributed by atoms with van der Waals surface area (Å²) in [5, 5.41) is 5.44. The molecule has 148 valence electrons. The van der Waals surface area contributed by atoms with Crippen LogP contribution >= 0.6 is 11.3 Å². The Morgan fingerprint density at radius 3 is 2.59 bits per heavy atom. The Kier molecular flexibility index (Phi) is 5.65. The molecule has 0 aliphatic heterocycles. The minimum Gasteiger partial charge on any atom is -0.489 e. The first-order valence-electron chi connectivity index (χ1n) is 9.82. The van der Waals surface area contributed by atoms with Crippen molar-refractivity contribution in [2.75, 3.05) is 7.11 Å². The highest BCUT2D eigenvalue weighted by molar-refractivity contribution is 7.09. The molecular weight excluding hydrogens is 378 g/mol. The Morgan fingerprint density at radius 2 is 1.83 bits per heavy atom. The first-order chi connectivity index (χ1) is 14.1. The molecule has 0 saturated carbocycles. The van der Waals surface area contributed by atoms with Crippen molar-refractivity contribution in [3.8, 4) is 5.75 Å². The van der Waals surface area contributed by atoms with E-state index in [-0.39, 0.29) is 0 Å². The van der Waals surface area contributed by atoms with Crippen LogP contribution in [0.25, 0.3) is 10.8 Å². The highest BCUT2D eigenvalue weighted by atomic mass is 32.1. The highest BCUT2D eigenvalue weighted by Gasteiger charge is 2.35. The molecule has 1 aromatic heterocycles. The number of nitrogens with zero attached hydrogens (tertiary/aromatic N) is 1. The zero-order chi connectivity index (χ0) is 20.3. The molecule has 0 aliphatic rings. The minimum atomic E-state index is -0.547. The fraction of sp³-hybridized carbons (Fsp3) is 0.240. The van der Waals surface area contributed by atoms with Gasteiger partial charge in [0.1, 0.15) is 23.0 Å². The normalized spacial score (nSPS) is 13.3. The Morgan fingerprint density at radius 1 is 1.00 bits per heavy atom. The predicted molar refractivity (Wildman–Crippen MR) is 120 cm³/mol. The standard InChI is InChI=1S/C25H25NO2S/c1-4-25(27-3,24-26-12-13-29-24)22-6-5-7-23(16-22)28-17-19-9-11-20-14-18(2)8-10-21(20)15-19/h5-16H,4,17H2,1-3H3. The summed E-state index contributed by atoms with van der Waals surface area (Å²) in [6.07, 6.45) is 2.62. The molecule has 0 radical (unpaired) electrons. The smallest absolute Gasteiger partial charge is 0.144 e. The third-order valence-corrected chi connectivity index (χ3v) is 6.31. The number of fused-ring (bicyclic) bond motifs is 1. The highest BCUT2D eigenvalue weighted by Crippen LogP contribution is 2.38. The minimum absolute atomic E-state index is 0.524. The fourth-order valence-corrected chi connectivity index (χ4v) is 4.67. The predicted octanol–water partition coefficient (Wildman–Crippen LogP) is 6.48. The summed E-state index contributed by atoms with van der Waals surface area (Å²) in [5.41, 5.74) is 2.94. The summed E-state index contributed by atoms with van der Waals surface area (Å²) >= 11 is 1.62. The number of methoxy groups -OCH3 is 1. The molecular formula is C25H25NO2S. The number of aryl methyl sites for hydroxylation is 1. The second kappa shape index (κ2) is 8.36.